The number of pyridine rings is 3. The zero-order valence-electron chi connectivity index (χ0n) is 20.6. The molecule has 5 aromatic heterocycles. The van der Waals surface area contributed by atoms with Gasteiger partial charge >= 0.3 is 0 Å². The lowest BCUT2D eigenvalue weighted by atomic mass is 10.0. The summed E-state index contributed by atoms with van der Waals surface area (Å²) in [6, 6.07) is 24.3. The molecule has 0 fully saturated rings. The summed E-state index contributed by atoms with van der Waals surface area (Å²) in [5.41, 5.74) is 8.36. The fourth-order valence-electron chi connectivity index (χ4n) is 4.66. The second-order valence-electron chi connectivity index (χ2n) is 9.19. The van der Waals surface area contributed by atoms with Crippen LogP contribution in [-0.2, 0) is 6.61 Å². The minimum Gasteiger partial charge on any atom is -0.487 e. The van der Waals surface area contributed by atoms with Crippen molar-refractivity contribution in [1.82, 2.24) is 30.1 Å². The van der Waals surface area contributed by atoms with Crippen LogP contribution in [0.15, 0.2) is 104 Å². The number of benzene rings is 2. The molecule has 0 spiro atoms. The zero-order valence-corrected chi connectivity index (χ0v) is 20.6. The molecular weight excluding hydrogens is 491 g/mol. The third-order valence-corrected chi connectivity index (χ3v) is 6.62. The van der Waals surface area contributed by atoms with E-state index in [0.29, 0.717) is 18.1 Å². The average Bonchev–Trinajstić information content (AvgIpc) is 3.61. The lowest BCUT2D eigenvalue weighted by Crippen LogP contribution is -1.96. The third-order valence-electron chi connectivity index (χ3n) is 6.62. The number of ether oxygens (including phenoxy) is 1. The van der Waals surface area contributed by atoms with E-state index < -0.39 is 0 Å². The summed E-state index contributed by atoms with van der Waals surface area (Å²) >= 11 is 0. The van der Waals surface area contributed by atoms with E-state index in [4.69, 9.17) is 9.72 Å². The zero-order chi connectivity index (χ0) is 26.2. The van der Waals surface area contributed by atoms with Crippen LogP contribution in [0.25, 0.3) is 55.7 Å². The molecule has 5 heterocycles. The molecule has 0 saturated carbocycles. The molecule has 0 atom stereocenters. The van der Waals surface area contributed by atoms with Gasteiger partial charge in [-0.3, -0.25) is 15.1 Å². The molecule has 2 N–H and O–H groups in total. The number of halogens is 1. The Hall–Kier alpha value is -5.37. The molecule has 188 valence electrons. The van der Waals surface area contributed by atoms with Gasteiger partial charge in [0.2, 0.25) is 0 Å². The molecule has 0 aliphatic heterocycles. The van der Waals surface area contributed by atoms with E-state index >= 15 is 0 Å². The summed E-state index contributed by atoms with van der Waals surface area (Å²) in [6.45, 7) is 0.458. The lowest BCUT2D eigenvalue weighted by Gasteiger charge is -2.08. The Morgan fingerprint density at radius 2 is 1.62 bits per heavy atom. The van der Waals surface area contributed by atoms with Gasteiger partial charge in [-0.1, -0.05) is 42.5 Å². The largest absolute Gasteiger partial charge is 0.487 e. The van der Waals surface area contributed by atoms with Crippen LogP contribution < -0.4 is 4.74 Å². The maximum absolute atomic E-state index is 13.5. The molecule has 0 amide bonds. The van der Waals surface area contributed by atoms with Gasteiger partial charge in [0.1, 0.15) is 29.4 Å². The van der Waals surface area contributed by atoms with Crippen molar-refractivity contribution in [2.45, 2.75) is 6.61 Å². The predicted molar refractivity (Wildman–Crippen MR) is 148 cm³/mol. The Morgan fingerprint density at radius 3 is 2.49 bits per heavy atom. The normalized spacial score (nSPS) is 11.3. The highest BCUT2D eigenvalue weighted by Crippen LogP contribution is 2.34. The van der Waals surface area contributed by atoms with Crippen molar-refractivity contribution in [3.05, 3.63) is 115 Å². The number of hydrogen-bond donors (Lipinski definition) is 2. The van der Waals surface area contributed by atoms with Crippen molar-refractivity contribution >= 4 is 21.9 Å². The summed E-state index contributed by atoms with van der Waals surface area (Å²) in [5.74, 6) is 0.393. The fraction of sp³-hybridized carbons (Fsp3) is 0.0323. The molecule has 7 rings (SSSR count). The first-order valence-corrected chi connectivity index (χ1v) is 12.4. The molecule has 8 heteroatoms. The maximum Gasteiger partial charge on any atom is 0.138 e. The van der Waals surface area contributed by atoms with Gasteiger partial charge in [-0.2, -0.15) is 5.10 Å². The number of nitrogens with one attached hydrogen (secondary N) is 2. The minimum absolute atomic E-state index is 0.276. The molecule has 0 bridgehead atoms. The number of H-pyrrole nitrogens is 2. The Kier molecular flexibility index (Phi) is 5.55. The first-order valence-electron chi connectivity index (χ1n) is 12.4. The highest BCUT2D eigenvalue weighted by Gasteiger charge is 2.16. The Morgan fingerprint density at radius 1 is 0.769 bits per heavy atom. The van der Waals surface area contributed by atoms with Crippen LogP contribution >= 0.6 is 0 Å². The molecule has 2 aromatic carbocycles. The number of aromatic amines is 2. The van der Waals surface area contributed by atoms with Crippen LogP contribution in [0.4, 0.5) is 4.39 Å². The molecule has 0 aliphatic rings. The van der Waals surface area contributed by atoms with Crippen LogP contribution in [0.2, 0.25) is 0 Å². The van der Waals surface area contributed by atoms with Crippen molar-refractivity contribution in [3.8, 4) is 39.5 Å². The standard InChI is InChI=1S/C31H21FN6O/c32-22-8-6-20(7-9-22)25-16-34-17-29-24(25)13-28(35-29)31-30-27(37-38-31)11-10-26(36-30)21-12-23(15-33-14-21)39-18-19-4-2-1-3-5-19/h1-17,35H,18H2,(H,37,38). The fourth-order valence-corrected chi connectivity index (χ4v) is 4.66. The number of rotatable bonds is 6. The molecule has 7 nitrogen and oxygen atoms in total. The van der Waals surface area contributed by atoms with Gasteiger partial charge in [0.15, 0.2) is 0 Å². The van der Waals surface area contributed by atoms with Gasteiger partial charge in [-0.25, -0.2) is 9.37 Å². The van der Waals surface area contributed by atoms with Crippen molar-refractivity contribution in [1.29, 1.82) is 0 Å². The minimum atomic E-state index is -0.276. The summed E-state index contributed by atoms with van der Waals surface area (Å²) in [6.07, 6.45) is 7.02. The van der Waals surface area contributed by atoms with Crippen LogP contribution in [-0.4, -0.2) is 30.1 Å². The highest BCUT2D eigenvalue weighted by atomic mass is 19.1. The second-order valence-corrected chi connectivity index (χ2v) is 9.19. The lowest BCUT2D eigenvalue weighted by molar-refractivity contribution is 0.305. The Labute approximate surface area is 222 Å². The third kappa shape index (κ3) is 4.38. The van der Waals surface area contributed by atoms with E-state index in [1.165, 1.54) is 12.1 Å². The van der Waals surface area contributed by atoms with E-state index in [2.05, 4.69) is 25.1 Å². The predicted octanol–water partition coefficient (Wildman–Crippen LogP) is 6.95. The molecule has 0 radical (unpaired) electrons. The van der Waals surface area contributed by atoms with Gasteiger partial charge in [0.25, 0.3) is 0 Å². The van der Waals surface area contributed by atoms with Crippen LogP contribution in [0.5, 0.6) is 5.75 Å². The van der Waals surface area contributed by atoms with Crippen LogP contribution in [0.3, 0.4) is 0 Å². The monoisotopic (exact) mass is 512 g/mol. The summed E-state index contributed by atoms with van der Waals surface area (Å²) in [5, 5.41) is 8.61. The number of aromatic nitrogens is 6. The number of fused-ring (bicyclic) bond motifs is 2. The van der Waals surface area contributed by atoms with Crippen molar-refractivity contribution in [2.24, 2.45) is 0 Å². The van der Waals surface area contributed by atoms with E-state index in [9.17, 15) is 4.39 Å². The van der Waals surface area contributed by atoms with Gasteiger partial charge in [-0.05, 0) is 47.5 Å². The van der Waals surface area contributed by atoms with Crippen molar-refractivity contribution in [2.75, 3.05) is 0 Å². The smallest absolute Gasteiger partial charge is 0.138 e. The summed E-state index contributed by atoms with van der Waals surface area (Å²) < 4.78 is 19.5. The van der Waals surface area contributed by atoms with Crippen molar-refractivity contribution < 1.29 is 9.13 Å². The molecule has 0 unspecified atom stereocenters. The highest BCUT2D eigenvalue weighted by molar-refractivity contribution is 6.00. The first kappa shape index (κ1) is 22.8. The van der Waals surface area contributed by atoms with E-state index in [1.807, 2.05) is 54.6 Å². The first-order chi connectivity index (χ1) is 19.2. The quantitative estimate of drug-likeness (QED) is 0.252. The van der Waals surface area contributed by atoms with Gasteiger partial charge in [-0.15, -0.1) is 0 Å². The topological polar surface area (TPSA) is 92.4 Å². The molecule has 0 aliphatic carbocycles. The van der Waals surface area contributed by atoms with Gasteiger partial charge < -0.3 is 9.72 Å². The molecule has 0 saturated heterocycles. The summed E-state index contributed by atoms with van der Waals surface area (Å²) in [4.78, 5) is 17.1. The second kappa shape index (κ2) is 9.50. The maximum atomic E-state index is 13.5. The number of hydrogen-bond acceptors (Lipinski definition) is 5. The Balaban J connectivity index is 1.24. The van der Waals surface area contributed by atoms with E-state index in [1.54, 1.807) is 36.9 Å². The molecule has 7 aromatic rings. The molecule has 39 heavy (non-hydrogen) atoms. The van der Waals surface area contributed by atoms with Crippen LogP contribution in [0.1, 0.15) is 5.56 Å². The van der Waals surface area contributed by atoms with E-state index in [0.717, 1.165) is 55.6 Å². The van der Waals surface area contributed by atoms with E-state index in [-0.39, 0.29) is 5.82 Å². The molecular formula is C31H21FN6O. The Bertz CT molecular complexity index is 1930. The van der Waals surface area contributed by atoms with Crippen LogP contribution in [0, 0.1) is 5.82 Å². The average molecular weight is 513 g/mol. The SMILES string of the molecule is Fc1ccc(-c2cncc3[nH]c(-c4n[nH]c5ccc(-c6cncc(OCc7ccccc7)c6)nc45)cc23)cc1. The number of nitrogens with zero attached hydrogens (tertiary/aromatic N) is 4. The van der Waals surface area contributed by atoms with Gasteiger partial charge in [0.05, 0.1) is 34.8 Å². The van der Waals surface area contributed by atoms with Crippen molar-refractivity contribution in [3.63, 3.8) is 0 Å². The summed E-state index contributed by atoms with van der Waals surface area (Å²) in [7, 11) is 0. The van der Waals surface area contributed by atoms with Gasteiger partial charge in [0, 0.05) is 28.9 Å².